The molecule has 0 aliphatic carbocycles. The molecule has 1 saturated heterocycles. The standard InChI is InChI=1S/C21H27N3O4S/c1-15-4-9-20(16(2)14-15)22-17(3)21(25)23-18-5-7-19(8-6-18)29(26,27)24-10-12-28-13-11-24/h4-9,14,17,22H,10-13H2,1-3H3,(H,23,25)/t17-/m1/s1. The third-order valence-electron chi connectivity index (χ3n) is 4.88. The first-order valence-corrected chi connectivity index (χ1v) is 11.0. The summed E-state index contributed by atoms with van der Waals surface area (Å²) in [5.74, 6) is -0.200. The fraction of sp³-hybridized carbons (Fsp3) is 0.381. The summed E-state index contributed by atoms with van der Waals surface area (Å²) in [7, 11) is -3.54. The van der Waals surface area contributed by atoms with E-state index in [0.717, 1.165) is 16.8 Å². The van der Waals surface area contributed by atoms with Gasteiger partial charge in [0.15, 0.2) is 0 Å². The molecule has 1 atom stereocenters. The number of hydrogen-bond acceptors (Lipinski definition) is 5. The van der Waals surface area contributed by atoms with Gasteiger partial charge in [0.05, 0.1) is 18.1 Å². The Labute approximate surface area is 172 Å². The summed E-state index contributed by atoms with van der Waals surface area (Å²) in [5, 5.41) is 6.03. The molecule has 0 aromatic heterocycles. The molecule has 1 amide bonds. The van der Waals surface area contributed by atoms with Gasteiger partial charge >= 0.3 is 0 Å². The highest BCUT2D eigenvalue weighted by molar-refractivity contribution is 7.89. The van der Waals surface area contributed by atoms with Crippen molar-refractivity contribution in [3.05, 3.63) is 53.6 Å². The van der Waals surface area contributed by atoms with E-state index in [1.54, 1.807) is 19.1 Å². The topological polar surface area (TPSA) is 87.7 Å². The van der Waals surface area contributed by atoms with Crippen LogP contribution < -0.4 is 10.6 Å². The molecule has 0 spiro atoms. The predicted molar refractivity (Wildman–Crippen MR) is 114 cm³/mol. The third-order valence-corrected chi connectivity index (χ3v) is 6.79. The molecule has 1 fully saturated rings. The van der Waals surface area contributed by atoms with Crippen molar-refractivity contribution in [1.82, 2.24) is 4.31 Å². The van der Waals surface area contributed by atoms with Crippen LogP contribution in [0.5, 0.6) is 0 Å². The zero-order valence-electron chi connectivity index (χ0n) is 16.9. The first-order chi connectivity index (χ1) is 13.8. The number of rotatable bonds is 6. The molecular formula is C21H27N3O4S. The fourth-order valence-corrected chi connectivity index (χ4v) is 4.58. The molecule has 0 unspecified atom stereocenters. The Hall–Kier alpha value is -2.42. The summed E-state index contributed by atoms with van der Waals surface area (Å²) in [6.07, 6.45) is 0. The largest absolute Gasteiger partial charge is 0.379 e. The normalized spacial score (nSPS) is 16.2. The first-order valence-electron chi connectivity index (χ1n) is 9.60. The summed E-state index contributed by atoms with van der Waals surface area (Å²) in [4.78, 5) is 12.7. The zero-order valence-corrected chi connectivity index (χ0v) is 17.8. The third kappa shape index (κ3) is 5.14. The summed E-state index contributed by atoms with van der Waals surface area (Å²) in [6, 6.07) is 11.8. The SMILES string of the molecule is Cc1ccc(N[C@H](C)C(=O)Nc2ccc(S(=O)(=O)N3CCOCC3)cc2)c(C)c1. The number of anilines is 2. The number of benzene rings is 2. The number of sulfonamides is 1. The Bertz CT molecular complexity index is 968. The van der Waals surface area contributed by atoms with Crippen LogP contribution in [0.1, 0.15) is 18.1 Å². The van der Waals surface area contributed by atoms with Crippen molar-refractivity contribution in [3.8, 4) is 0 Å². The molecule has 2 aromatic rings. The van der Waals surface area contributed by atoms with E-state index in [1.807, 2.05) is 26.0 Å². The number of carbonyl (C=O) groups is 1. The molecule has 0 bridgehead atoms. The summed E-state index contributed by atoms with van der Waals surface area (Å²) < 4.78 is 32.0. The van der Waals surface area contributed by atoms with Crippen LogP contribution in [0.2, 0.25) is 0 Å². The van der Waals surface area contributed by atoms with E-state index in [-0.39, 0.29) is 10.8 Å². The molecule has 0 radical (unpaired) electrons. The molecule has 8 heteroatoms. The van der Waals surface area contributed by atoms with Gasteiger partial charge in [-0.05, 0) is 56.7 Å². The molecular weight excluding hydrogens is 390 g/mol. The minimum Gasteiger partial charge on any atom is -0.379 e. The van der Waals surface area contributed by atoms with Gasteiger partial charge in [-0.15, -0.1) is 0 Å². The summed E-state index contributed by atoms with van der Waals surface area (Å²) >= 11 is 0. The maximum absolute atomic E-state index is 12.7. The van der Waals surface area contributed by atoms with Crippen LogP contribution in [-0.2, 0) is 19.6 Å². The fourth-order valence-electron chi connectivity index (χ4n) is 3.17. The van der Waals surface area contributed by atoms with Gasteiger partial charge in [-0.3, -0.25) is 4.79 Å². The summed E-state index contributed by atoms with van der Waals surface area (Å²) in [6.45, 7) is 7.30. The number of aryl methyl sites for hydroxylation is 2. The Kier molecular flexibility index (Phi) is 6.56. The quantitative estimate of drug-likeness (QED) is 0.755. The molecule has 2 aromatic carbocycles. The first kappa shape index (κ1) is 21.3. The molecule has 29 heavy (non-hydrogen) atoms. The lowest BCUT2D eigenvalue weighted by molar-refractivity contribution is -0.116. The van der Waals surface area contributed by atoms with E-state index < -0.39 is 16.1 Å². The van der Waals surface area contributed by atoms with Gasteiger partial charge in [-0.2, -0.15) is 4.31 Å². The molecule has 0 saturated carbocycles. The number of amides is 1. The van der Waals surface area contributed by atoms with Crippen molar-refractivity contribution in [3.63, 3.8) is 0 Å². The Balaban J connectivity index is 1.63. The van der Waals surface area contributed by atoms with Crippen LogP contribution in [-0.4, -0.2) is 51.0 Å². The molecule has 1 heterocycles. The van der Waals surface area contributed by atoms with E-state index in [1.165, 1.54) is 16.4 Å². The second-order valence-corrected chi connectivity index (χ2v) is 9.15. The van der Waals surface area contributed by atoms with Crippen LogP contribution in [0, 0.1) is 13.8 Å². The highest BCUT2D eigenvalue weighted by Crippen LogP contribution is 2.20. The van der Waals surface area contributed by atoms with E-state index >= 15 is 0 Å². The van der Waals surface area contributed by atoms with Crippen molar-refractivity contribution < 1.29 is 17.9 Å². The van der Waals surface area contributed by atoms with Crippen LogP contribution in [0.3, 0.4) is 0 Å². The molecule has 1 aliphatic rings. The Morgan fingerprint density at radius 3 is 2.34 bits per heavy atom. The Morgan fingerprint density at radius 2 is 1.72 bits per heavy atom. The van der Waals surface area contributed by atoms with Gasteiger partial charge in [-0.25, -0.2) is 8.42 Å². The minimum absolute atomic E-state index is 0.200. The van der Waals surface area contributed by atoms with Crippen molar-refractivity contribution in [2.24, 2.45) is 0 Å². The number of ether oxygens (including phenoxy) is 1. The number of nitrogens with zero attached hydrogens (tertiary/aromatic N) is 1. The highest BCUT2D eigenvalue weighted by Gasteiger charge is 2.26. The lowest BCUT2D eigenvalue weighted by Crippen LogP contribution is -2.40. The van der Waals surface area contributed by atoms with Crippen LogP contribution in [0.25, 0.3) is 0 Å². The number of nitrogens with one attached hydrogen (secondary N) is 2. The lowest BCUT2D eigenvalue weighted by Gasteiger charge is -2.26. The van der Waals surface area contributed by atoms with E-state index in [4.69, 9.17) is 4.74 Å². The van der Waals surface area contributed by atoms with Crippen molar-refractivity contribution in [1.29, 1.82) is 0 Å². The summed E-state index contributed by atoms with van der Waals surface area (Å²) in [5.41, 5.74) is 3.69. The second-order valence-electron chi connectivity index (χ2n) is 7.21. The smallest absolute Gasteiger partial charge is 0.246 e. The van der Waals surface area contributed by atoms with Crippen LogP contribution in [0.4, 0.5) is 11.4 Å². The average Bonchev–Trinajstić information content (AvgIpc) is 2.71. The van der Waals surface area contributed by atoms with Gasteiger partial charge in [0.1, 0.15) is 6.04 Å². The molecule has 3 rings (SSSR count). The molecule has 2 N–H and O–H groups in total. The molecule has 7 nitrogen and oxygen atoms in total. The molecule has 1 aliphatic heterocycles. The monoisotopic (exact) mass is 417 g/mol. The number of morpholine rings is 1. The van der Waals surface area contributed by atoms with Crippen molar-refractivity contribution >= 4 is 27.3 Å². The van der Waals surface area contributed by atoms with Crippen molar-refractivity contribution in [2.45, 2.75) is 31.7 Å². The van der Waals surface area contributed by atoms with Crippen molar-refractivity contribution in [2.75, 3.05) is 36.9 Å². The van der Waals surface area contributed by atoms with Gasteiger partial charge < -0.3 is 15.4 Å². The van der Waals surface area contributed by atoms with E-state index in [9.17, 15) is 13.2 Å². The Morgan fingerprint density at radius 1 is 1.07 bits per heavy atom. The maximum atomic E-state index is 12.7. The van der Waals surface area contributed by atoms with Gasteiger partial charge in [0.2, 0.25) is 15.9 Å². The van der Waals surface area contributed by atoms with Gasteiger partial charge in [0, 0.05) is 24.5 Å². The zero-order chi connectivity index (χ0) is 21.0. The van der Waals surface area contributed by atoms with Gasteiger partial charge in [-0.1, -0.05) is 17.7 Å². The number of hydrogen-bond donors (Lipinski definition) is 2. The van der Waals surface area contributed by atoms with Crippen LogP contribution >= 0.6 is 0 Å². The maximum Gasteiger partial charge on any atom is 0.246 e. The lowest BCUT2D eigenvalue weighted by atomic mass is 10.1. The minimum atomic E-state index is -3.54. The molecule has 156 valence electrons. The predicted octanol–water partition coefficient (Wildman–Crippen LogP) is 2.76. The van der Waals surface area contributed by atoms with E-state index in [2.05, 4.69) is 16.7 Å². The number of carbonyl (C=O) groups excluding carboxylic acids is 1. The van der Waals surface area contributed by atoms with Gasteiger partial charge in [0.25, 0.3) is 0 Å². The van der Waals surface area contributed by atoms with E-state index in [0.29, 0.717) is 32.0 Å². The second kappa shape index (κ2) is 8.94. The highest BCUT2D eigenvalue weighted by atomic mass is 32.2. The average molecular weight is 418 g/mol. The van der Waals surface area contributed by atoms with Crippen LogP contribution in [0.15, 0.2) is 47.4 Å².